The highest BCUT2D eigenvalue weighted by Crippen LogP contribution is 2.45. The maximum atomic E-state index is 11.9. The molecule has 0 bridgehead atoms. The number of esters is 1. The van der Waals surface area contributed by atoms with Crippen LogP contribution in [0.3, 0.4) is 0 Å². The Morgan fingerprint density at radius 3 is 2.14 bits per heavy atom. The first-order chi connectivity index (χ1) is 10.6. The third-order valence-corrected chi connectivity index (χ3v) is 4.25. The van der Waals surface area contributed by atoms with E-state index >= 15 is 0 Å². The maximum absolute atomic E-state index is 11.9. The summed E-state index contributed by atoms with van der Waals surface area (Å²) in [7, 11) is 1.45. The van der Waals surface area contributed by atoms with E-state index in [4.69, 9.17) is 4.74 Å². The number of methoxy groups -OCH3 is 1. The van der Waals surface area contributed by atoms with E-state index in [-0.39, 0.29) is 18.1 Å². The van der Waals surface area contributed by atoms with E-state index in [1.807, 2.05) is 18.2 Å². The molecule has 0 amide bonds. The molecular weight excluding hydrogens is 274 g/mol. The van der Waals surface area contributed by atoms with Crippen LogP contribution in [0.1, 0.15) is 25.5 Å². The zero-order valence-corrected chi connectivity index (χ0v) is 13.2. The molecule has 1 aliphatic rings. The minimum atomic E-state index is -0.147. The van der Waals surface area contributed by atoms with Gasteiger partial charge in [0.1, 0.15) is 6.04 Å². The van der Waals surface area contributed by atoms with Crippen LogP contribution in [-0.2, 0) is 9.53 Å². The van der Waals surface area contributed by atoms with E-state index in [9.17, 15) is 4.79 Å². The van der Waals surface area contributed by atoms with Gasteiger partial charge in [0.2, 0.25) is 0 Å². The lowest BCUT2D eigenvalue weighted by molar-refractivity contribution is -0.141. The van der Waals surface area contributed by atoms with Crippen LogP contribution < -0.4 is 0 Å². The Kier molecular flexibility index (Phi) is 3.99. The molecule has 3 atom stereocenters. The van der Waals surface area contributed by atoms with Crippen molar-refractivity contribution in [2.45, 2.75) is 32.0 Å². The van der Waals surface area contributed by atoms with E-state index in [2.05, 4.69) is 55.1 Å². The van der Waals surface area contributed by atoms with Gasteiger partial charge in [0.25, 0.3) is 0 Å². The van der Waals surface area contributed by atoms with Crippen LogP contribution in [0.4, 0.5) is 0 Å². The molecular formula is C19H21NO2. The number of benzene rings is 2. The first-order valence-electron chi connectivity index (χ1n) is 7.64. The highest BCUT2D eigenvalue weighted by molar-refractivity contribution is 5.81. The molecule has 0 radical (unpaired) electrons. The highest BCUT2D eigenvalue weighted by Gasteiger charge is 2.55. The number of hydrogen-bond acceptors (Lipinski definition) is 3. The number of carbonyl (C=O) groups excluding carboxylic acids is 1. The van der Waals surface area contributed by atoms with Crippen LogP contribution in [0.5, 0.6) is 0 Å². The van der Waals surface area contributed by atoms with Crippen molar-refractivity contribution in [3.63, 3.8) is 0 Å². The summed E-state index contributed by atoms with van der Waals surface area (Å²) in [4.78, 5) is 14.1. The van der Waals surface area contributed by atoms with Crippen molar-refractivity contribution in [1.82, 2.24) is 4.90 Å². The summed E-state index contributed by atoms with van der Waals surface area (Å²) in [5.41, 5.74) is 3.56. The second-order valence-electron chi connectivity index (χ2n) is 5.94. The minimum Gasteiger partial charge on any atom is -0.468 e. The minimum absolute atomic E-state index is 0.136. The van der Waals surface area contributed by atoms with Gasteiger partial charge in [-0.15, -0.1) is 0 Å². The van der Waals surface area contributed by atoms with Crippen LogP contribution in [0.15, 0.2) is 54.6 Å². The molecule has 0 aromatic heterocycles. The topological polar surface area (TPSA) is 29.3 Å². The fraction of sp³-hybridized carbons (Fsp3) is 0.316. The first kappa shape index (κ1) is 14.8. The molecule has 3 heteroatoms. The summed E-state index contributed by atoms with van der Waals surface area (Å²) < 4.78 is 4.92. The van der Waals surface area contributed by atoms with Crippen LogP contribution >= 0.6 is 0 Å². The average molecular weight is 295 g/mol. The van der Waals surface area contributed by atoms with Gasteiger partial charge in [0.05, 0.1) is 13.2 Å². The largest absolute Gasteiger partial charge is 0.468 e. The van der Waals surface area contributed by atoms with Gasteiger partial charge < -0.3 is 4.74 Å². The van der Waals surface area contributed by atoms with Gasteiger partial charge in [-0.3, -0.25) is 9.69 Å². The molecule has 3 rings (SSSR count). The number of carbonyl (C=O) groups is 1. The van der Waals surface area contributed by atoms with Gasteiger partial charge in [-0.05, 0) is 30.5 Å². The molecule has 0 saturated carbocycles. The summed E-state index contributed by atoms with van der Waals surface area (Å²) in [5, 5.41) is 0. The lowest BCUT2D eigenvalue weighted by Gasteiger charge is -2.08. The van der Waals surface area contributed by atoms with Gasteiger partial charge in [0, 0.05) is 6.04 Å². The summed E-state index contributed by atoms with van der Waals surface area (Å²) in [6.07, 6.45) is 0. The molecule has 0 aliphatic carbocycles. The van der Waals surface area contributed by atoms with Crippen molar-refractivity contribution in [3.8, 4) is 11.1 Å². The monoisotopic (exact) mass is 295 g/mol. The third-order valence-electron chi connectivity index (χ3n) is 4.25. The Morgan fingerprint density at radius 1 is 1.00 bits per heavy atom. The van der Waals surface area contributed by atoms with E-state index in [1.54, 1.807) is 0 Å². The molecule has 22 heavy (non-hydrogen) atoms. The smallest absolute Gasteiger partial charge is 0.325 e. The summed E-state index contributed by atoms with van der Waals surface area (Å²) >= 11 is 0. The predicted octanol–water partition coefficient (Wildman–Crippen LogP) is 3.66. The highest BCUT2D eigenvalue weighted by atomic mass is 16.5. The lowest BCUT2D eigenvalue weighted by atomic mass is 10.0. The van der Waals surface area contributed by atoms with E-state index in [1.165, 1.54) is 23.8 Å². The third kappa shape index (κ3) is 2.64. The van der Waals surface area contributed by atoms with Gasteiger partial charge in [-0.25, -0.2) is 0 Å². The average Bonchev–Trinajstić information content (AvgIpc) is 3.31. The van der Waals surface area contributed by atoms with Gasteiger partial charge in [-0.1, -0.05) is 54.6 Å². The number of nitrogens with zero attached hydrogens (tertiary/aromatic N) is 1. The van der Waals surface area contributed by atoms with Crippen LogP contribution in [0, 0.1) is 0 Å². The van der Waals surface area contributed by atoms with Gasteiger partial charge in [0.15, 0.2) is 0 Å². The molecule has 1 aliphatic heterocycles. The van der Waals surface area contributed by atoms with Crippen molar-refractivity contribution in [3.05, 3.63) is 60.2 Å². The van der Waals surface area contributed by atoms with E-state index in [0.717, 1.165) is 0 Å². The molecule has 2 aromatic carbocycles. The predicted molar refractivity (Wildman–Crippen MR) is 87.4 cm³/mol. The Hall–Kier alpha value is -2.13. The molecule has 0 spiro atoms. The molecule has 3 unspecified atom stereocenters. The second-order valence-corrected chi connectivity index (χ2v) is 5.94. The van der Waals surface area contributed by atoms with Crippen molar-refractivity contribution in [2.24, 2.45) is 0 Å². The molecule has 3 nitrogen and oxygen atoms in total. The van der Waals surface area contributed by atoms with Crippen LogP contribution in [-0.4, -0.2) is 30.1 Å². The van der Waals surface area contributed by atoms with Gasteiger partial charge in [-0.2, -0.15) is 0 Å². The Bertz CT molecular complexity index is 649. The molecule has 114 valence electrons. The van der Waals surface area contributed by atoms with Crippen molar-refractivity contribution in [2.75, 3.05) is 7.11 Å². The molecule has 0 N–H and O–H groups in total. The maximum Gasteiger partial charge on any atom is 0.325 e. The second kappa shape index (κ2) is 5.93. The SMILES string of the molecule is COC(=O)C1C(c2ccc(-c3ccccc3)cc2)N1C(C)C. The van der Waals surface area contributed by atoms with Crippen molar-refractivity contribution < 1.29 is 9.53 Å². The number of rotatable bonds is 4. The fourth-order valence-corrected chi connectivity index (χ4v) is 3.12. The molecule has 1 fully saturated rings. The quantitative estimate of drug-likeness (QED) is 0.637. The summed E-state index contributed by atoms with van der Waals surface area (Å²) in [5.74, 6) is -0.147. The van der Waals surface area contributed by atoms with Crippen molar-refractivity contribution >= 4 is 5.97 Å². The normalized spacial score (nSPS) is 23.4. The van der Waals surface area contributed by atoms with Crippen LogP contribution in [0.2, 0.25) is 0 Å². The fourth-order valence-electron chi connectivity index (χ4n) is 3.12. The molecule has 2 aromatic rings. The summed E-state index contributed by atoms with van der Waals surface area (Å²) in [6.45, 7) is 4.21. The zero-order valence-electron chi connectivity index (χ0n) is 13.2. The van der Waals surface area contributed by atoms with Crippen molar-refractivity contribution in [1.29, 1.82) is 0 Å². The van der Waals surface area contributed by atoms with Gasteiger partial charge >= 0.3 is 5.97 Å². The summed E-state index contributed by atoms with van der Waals surface area (Å²) in [6, 6.07) is 19.1. The molecule has 1 heterocycles. The Morgan fingerprint density at radius 2 is 1.59 bits per heavy atom. The Balaban J connectivity index is 1.83. The van der Waals surface area contributed by atoms with E-state index < -0.39 is 0 Å². The van der Waals surface area contributed by atoms with E-state index in [0.29, 0.717) is 6.04 Å². The zero-order chi connectivity index (χ0) is 15.7. The molecule has 1 saturated heterocycles. The number of ether oxygens (including phenoxy) is 1. The lowest BCUT2D eigenvalue weighted by Crippen LogP contribution is -2.19. The first-order valence-corrected chi connectivity index (χ1v) is 7.64. The van der Waals surface area contributed by atoms with Crippen LogP contribution in [0.25, 0.3) is 11.1 Å². The standard InChI is InChI=1S/C19H21NO2/c1-13(2)20-17(18(20)19(21)22-3)16-11-9-15(10-12-16)14-7-5-4-6-8-14/h4-13,17-18H,1-3H3. The Labute approximate surface area is 131 Å². The number of hydrogen-bond donors (Lipinski definition) is 0.